The Bertz CT molecular complexity index is 1110. The third-order valence-electron chi connectivity index (χ3n) is 6.16. The summed E-state index contributed by atoms with van der Waals surface area (Å²) in [6.07, 6.45) is 2.43. The van der Waals surface area contributed by atoms with Gasteiger partial charge in [0.1, 0.15) is 34.7 Å². The number of aliphatic hydroxyl groups is 1. The molecule has 0 unspecified atom stereocenters. The summed E-state index contributed by atoms with van der Waals surface area (Å²) in [4.78, 5) is 13.0. The fraction of sp³-hybridized carbons (Fsp3) is 0.458. The van der Waals surface area contributed by atoms with E-state index < -0.39 is 18.2 Å². The van der Waals surface area contributed by atoms with Crippen LogP contribution in [-0.2, 0) is 11.3 Å². The highest BCUT2D eigenvalue weighted by atomic mass is 16.5. The zero-order valence-corrected chi connectivity index (χ0v) is 19.0. The molecule has 1 aromatic heterocycles. The Morgan fingerprint density at radius 3 is 2.42 bits per heavy atom. The topological polar surface area (TPSA) is 116 Å². The first-order valence-corrected chi connectivity index (χ1v) is 11.0. The standard InChI is InChI=1S/C24H29N3O6/c1-14-19(31-2)11-15(12-20(14)32-3)23(28)21(33-16-7-4-5-8-16)13-27-25-18-10-6-9-17(24(29)30)22(18)26-27/h6,9-12,16,21,23,28H,4-5,7-8,13H2,1-3H3,(H,29,30)/t21-,23+/m0/s1. The number of nitrogens with zero attached hydrogens (tertiary/aromatic N) is 3. The third-order valence-corrected chi connectivity index (χ3v) is 6.16. The van der Waals surface area contributed by atoms with Gasteiger partial charge in [0, 0.05) is 5.56 Å². The molecule has 2 aromatic carbocycles. The number of benzene rings is 2. The summed E-state index contributed by atoms with van der Waals surface area (Å²) >= 11 is 0. The zero-order chi connectivity index (χ0) is 23.5. The molecule has 0 spiro atoms. The quantitative estimate of drug-likeness (QED) is 0.504. The van der Waals surface area contributed by atoms with Crippen LogP contribution in [-0.4, -0.2) is 57.6 Å². The van der Waals surface area contributed by atoms with E-state index in [9.17, 15) is 15.0 Å². The number of methoxy groups -OCH3 is 2. The number of hydrogen-bond donors (Lipinski definition) is 2. The first kappa shape index (κ1) is 23.0. The van der Waals surface area contributed by atoms with Crippen molar-refractivity contribution in [3.8, 4) is 11.5 Å². The Labute approximate surface area is 191 Å². The van der Waals surface area contributed by atoms with Crippen LogP contribution >= 0.6 is 0 Å². The Balaban J connectivity index is 1.68. The highest BCUT2D eigenvalue weighted by Crippen LogP contribution is 2.35. The van der Waals surface area contributed by atoms with Gasteiger partial charge in [-0.05, 0) is 49.6 Å². The van der Waals surface area contributed by atoms with Crippen molar-refractivity contribution < 1.29 is 29.2 Å². The van der Waals surface area contributed by atoms with E-state index in [1.807, 2.05) is 6.92 Å². The van der Waals surface area contributed by atoms with Gasteiger partial charge in [0.25, 0.3) is 0 Å². The highest BCUT2D eigenvalue weighted by Gasteiger charge is 2.29. The maximum absolute atomic E-state index is 11.6. The molecule has 0 bridgehead atoms. The van der Waals surface area contributed by atoms with E-state index in [0.717, 1.165) is 31.2 Å². The first-order valence-electron chi connectivity index (χ1n) is 11.0. The molecule has 9 heteroatoms. The fourth-order valence-electron chi connectivity index (χ4n) is 4.38. The monoisotopic (exact) mass is 455 g/mol. The summed E-state index contributed by atoms with van der Waals surface area (Å²) in [5.41, 5.74) is 2.30. The van der Waals surface area contributed by atoms with Crippen molar-refractivity contribution in [1.82, 2.24) is 15.0 Å². The molecule has 9 nitrogen and oxygen atoms in total. The Hall–Kier alpha value is -3.17. The van der Waals surface area contributed by atoms with Crippen molar-refractivity contribution in [2.75, 3.05) is 14.2 Å². The molecule has 0 saturated heterocycles. The van der Waals surface area contributed by atoms with Gasteiger partial charge in [-0.15, -0.1) is 0 Å². The summed E-state index contributed by atoms with van der Waals surface area (Å²) in [5.74, 6) is 0.152. The average Bonchev–Trinajstić information content (AvgIpc) is 3.47. The van der Waals surface area contributed by atoms with E-state index in [4.69, 9.17) is 14.2 Å². The molecule has 2 atom stereocenters. The van der Waals surface area contributed by atoms with Crippen molar-refractivity contribution in [3.05, 3.63) is 47.0 Å². The van der Waals surface area contributed by atoms with Crippen LogP contribution < -0.4 is 9.47 Å². The molecule has 1 aliphatic carbocycles. The molecule has 2 N–H and O–H groups in total. The van der Waals surface area contributed by atoms with Gasteiger partial charge < -0.3 is 24.4 Å². The number of hydrogen-bond acceptors (Lipinski definition) is 7. The maximum Gasteiger partial charge on any atom is 0.338 e. The summed E-state index contributed by atoms with van der Waals surface area (Å²) in [6.45, 7) is 2.05. The molecular weight excluding hydrogens is 426 g/mol. The number of carbonyl (C=O) groups is 1. The number of aliphatic hydroxyl groups excluding tert-OH is 1. The number of carboxylic acid groups (broad SMARTS) is 1. The minimum atomic E-state index is -1.06. The Morgan fingerprint density at radius 1 is 1.15 bits per heavy atom. The second kappa shape index (κ2) is 9.76. The lowest BCUT2D eigenvalue weighted by atomic mass is 10.0. The number of carboxylic acids is 1. The molecule has 4 rings (SSSR count). The lowest BCUT2D eigenvalue weighted by Gasteiger charge is -2.27. The molecule has 1 saturated carbocycles. The van der Waals surface area contributed by atoms with Gasteiger partial charge in [0.05, 0.1) is 32.4 Å². The van der Waals surface area contributed by atoms with Gasteiger partial charge in [0.2, 0.25) is 0 Å². The fourth-order valence-corrected chi connectivity index (χ4v) is 4.38. The number of aromatic nitrogens is 3. The van der Waals surface area contributed by atoms with Gasteiger partial charge in [-0.1, -0.05) is 18.9 Å². The van der Waals surface area contributed by atoms with Crippen molar-refractivity contribution >= 4 is 17.0 Å². The van der Waals surface area contributed by atoms with E-state index in [2.05, 4.69) is 10.2 Å². The second-order valence-corrected chi connectivity index (χ2v) is 8.31. The van der Waals surface area contributed by atoms with E-state index in [0.29, 0.717) is 28.1 Å². The van der Waals surface area contributed by atoms with Crippen molar-refractivity contribution in [2.45, 2.75) is 57.5 Å². The van der Waals surface area contributed by atoms with Crippen molar-refractivity contribution in [1.29, 1.82) is 0 Å². The number of fused-ring (bicyclic) bond motifs is 1. The predicted octanol–water partition coefficient (Wildman–Crippen LogP) is 3.52. The van der Waals surface area contributed by atoms with Crippen LogP contribution in [0, 0.1) is 6.92 Å². The molecule has 33 heavy (non-hydrogen) atoms. The van der Waals surface area contributed by atoms with Crippen LogP contribution in [0.1, 0.15) is 53.3 Å². The number of rotatable bonds is 9. The van der Waals surface area contributed by atoms with Gasteiger partial charge >= 0.3 is 5.97 Å². The van der Waals surface area contributed by atoms with E-state index in [-0.39, 0.29) is 18.2 Å². The summed E-state index contributed by atoms with van der Waals surface area (Å²) < 4.78 is 17.3. The molecule has 0 radical (unpaired) electrons. The highest BCUT2D eigenvalue weighted by molar-refractivity contribution is 6.00. The minimum absolute atomic E-state index is 0.0402. The maximum atomic E-state index is 11.6. The summed E-state index contributed by atoms with van der Waals surface area (Å²) in [5, 5.41) is 29.6. The van der Waals surface area contributed by atoms with Crippen LogP contribution in [0.3, 0.4) is 0 Å². The smallest absolute Gasteiger partial charge is 0.338 e. The van der Waals surface area contributed by atoms with Crippen molar-refractivity contribution in [3.63, 3.8) is 0 Å². The molecule has 0 amide bonds. The van der Waals surface area contributed by atoms with Crippen LogP contribution in [0.4, 0.5) is 0 Å². The largest absolute Gasteiger partial charge is 0.496 e. The van der Waals surface area contributed by atoms with Crippen LogP contribution in [0.5, 0.6) is 11.5 Å². The normalized spacial score (nSPS) is 16.1. The molecule has 1 heterocycles. The SMILES string of the molecule is COc1cc([C@@H](O)[C@H](Cn2nc3cccc(C(=O)O)c3n2)OC2CCCC2)cc(OC)c1C. The third kappa shape index (κ3) is 4.79. The van der Waals surface area contributed by atoms with Crippen LogP contribution in [0.15, 0.2) is 30.3 Å². The lowest BCUT2D eigenvalue weighted by Crippen LogP contribution is -2.32. The predicted molar refractivity (Wildman–Crippen MR) is 121 cm³/mol. The molecule has 0 aliphatic heterocycles. The molecule has 3 aromatic rings. The van der Waals surface area contributed by atoms with E-state index in [1.54, 1.807) is 38.5 Å². The number of ether oxygens (including phenoxy) is 3. The number of aromatic carboxylic acids is 1. The summed E-state index contributed by atoms with van der Waals surface area (Å²) in [7, 11) is 3.15. The average molecular weight is 456 g/mol. The van der Waals surface area contributed by atoms with Gasteiger partial charge in [0.15, 0.2) is 0 Å². The zero-order valence-electron chi connectivity index (χ0n) is 19.0. The van der Waals surface area contributed by atoms with E-state index in [1.165, 1.54) is 10.9 Å². The Kier molecular flexibility index (Phi) is 6.80. The van der Waals surface area contributed by atoms with Gasteiger partial charge in [-0.2, -0.15) is 15.0 Å². The van der Waals surface area contributed by atoms with Gasteiger partial charge in [-0.25, -0.2) is 4.79 Å². The van der Waals surface area contributed by atoms with Crippen molar-refractivity contribution in [2.24, 2.45) is 0 Å². The lowest BCUT2D eigenvalue weighted by molar-refractivity contribution is -0.0860. The van der Waals surface area contributed by atoms with Gasteiger partial charge in [-0.3, -0.25) is 0 Å². The minimum Gasteiger partial charge on any atom is -0.496 e. The van der Waals surface area contributed by atoms with Crippen LogP contribution in [0.2, 0.25) is 0 Å². The second-order valence-electron chi connectivity index (χ2n) is 8.31. The molecular formula is C24H29N3O6. The Morgan fingerprint density at radius 2 is 1.82 bits per heavy atom. The molecule has 176 valence electrons. The van der Waals surface area contributed by atoms with E-state index >= 15 is 0 Å². The molecule has 1 aliphatic rings. The van der Waals surface area contributed by atoms with Crippen LogP contribution in [0.25, 0.3) is 11.0 Å². The summed E-state index contributed by atoms with van der Waals surface area (Å²) in [6, 6.07) is 8.41. The molecule has 1 fully saturated rings. The first-order chi connectivity index (χ1) is 15.9.